The van der Waals surface area contributed by atoms with Gasteiger partial charge in [-0.15, -0.1) is 0 Å². The van der Waals surface area contributed by atoms with E-state index in [1.165, 1.54) is 4.31 Å². The minimum Gasteiger partial charge on any atom is -0.387 e. The van der Waals surface area contributed by atoms with Crippen LogP contribution in [0, 0.1) is 0 Å². The number of aliphatic hydroxyl groups is 1. The molecule has 1 aliphatic rings. The second kappa shape index (κ2) is 6.83. The third-order valence-electron chi connectivity index (χ3n) is 4.30. The first-order valence-electron chi connectivity index (χ1n) is 7.87. The van der Waals surface area contributed by atoms with Crippen molar-refractivity contribution in [3.63, 3.8) is 0 Å². The summed E-state index contributed by atoms with van der Waals surface area (Å²) in [7, 11) is -3.62. The molecule has 1 fully saturated rings. The zero-order valence-electron chi connectivity index (χ0n) is 12.9. The highest BCUT2D eigenvalue weighted by atomic mass is 32.2. The van der Waals surface area contributed by atoms with E-state index in [4.69, 9.17) is 0 Å². The Labute approximate surface area is 137 Å². The summed E-state index contributed by atoms with van der Waals surface area (Å²) in [6.07, 6.45) is 0.661. The number of benzene rings is 2. The van der Waals surface area contributed by atoms with Crippen LogP contribution in [0.1, 0.15) is 35.3 Å². The van der Waals surface area contributed by atoms with Crippen molar-refractivity contribution in [2.45, 2.75) is 24.2 Å². The summed E-state index contributed by atoms with van der Waals surface area (Å²) in [6.45, 7) is 1.07. The zero-order valence-corrected chi connectivity index (χ0v) is 13.7. The number of rotatable bonds is 5. The molecule has 0 saturated carbocycles. The van der Waals surface area contributed by atoms with Crippen LogP contribution in [0.3, 0.4) is 0 Å². The molecule has 0 aromatic heterocycles. The Bertz CT molecular complexity index is 725. The molecule has 4 nitrogen and oxygen atoms in total. The van der Waals surface area contributed by atoms with Crippen LogP contribution in [0.25, 0.3) is 0 Å². The molecule has 0 unspecified atom stereocenters. The summed E-state index contributed by atoms with van der Waals surface area (Å²) >= 11 is 0. The fraction of sp³-hybridized carbons (Fsp3) is 0.333. The van der Waals surface area contributed by atoms with Gasteiger partial charge in [0.25, 0.3) is 0 Å². The molecule has 1 aliphatic heterocycles. The Morgan fingerprint density at radius 1 is 0.826 bits per heavy atom. The molecule has 0 radical (unpaired) electrons. The van der Waals surface area contributed by atoms with E-state index in [-0.39, 0.29) is 0 Å². The Hall–Kier alpha value is -1.69. The Morgan fingerprint density at radius 3 is 1.83 bits per heavy atom. The first kappa shape index (κ1) is 16.2. The smallest absolute Gasteiger partial charge is 0.224 e. The predicted octanol–water partition coefficient (Wildman–Crippen LogP) is 2.89. The van der Waals surface area contributed by atoms with Gasteiger partial charge in [-0.25, -0.2) is 12.7 Å². The van der Waals surface area contributed by atoms with Crippen molar-refractivity contribution >= 4 is 10.0 Å². The average Bonchev–Trinajstić information content (AvgIpc) is 3.12. The largest absolute Gasteiger partial charge is 0.387 e. The maximum atomic E-state index is 13.1. The van der Waals surface area contributed by atoms with E-state index in [2.05, 4.69) is 0 Å². The van der Waals surface area contributed by atoms with Gasteiger partial charge in [0, 0.05) is 13.1 Å². The lowest BCUT2D eigenvalue weighted by molar-refractivity contribution is 0.168. The maximum Gasteiger partial charge on any atom is 0.224 e. The molecular weight excluding hydrogens is 310 g/mol. The predicted molar refractivity (Wildman–Crippen MR) is 90.3 cm³/mol. The second-order valence-electron chi connectivity index (χ2n) is 5.84. The second-order valence-corrected chi connectivity index (χ2v) is 7.89. The van der Waals surface area contributed by atoms with Gasteiger partial charge in [0.05, 0.1) is 0 Å². The van der Waals surface area contributed by atoms with Crippen LogP contribution in [0.5, 0.6) is 0 Å². The van der Waals surface area contributed by atoms with Gasteiger partial charge >= 0.3 is 0 Å². The van der Waals surface area contributed by atoms with Gasteiger partial charge in [-0.05, 0) is 24.0 Å². The maximum absolute atomic E-state index is 13.1. The topological polar surface area (TPSA) is 57.6 Å². The van der Waals surface area contributed by atoms with Crippen LogP contribution in [0.2, 0.25) is 0 Å². The molecule has 2 atom stereocenters. The fourth-order valence-electron chi connectivity index (χ4n) is 3.09. The molecule has 1 saturated heterocycles. The van der Waals surface area contributed by atoms with Crippen LogP contribution < -0.4 is 0 Å². The zero-order chi connectivity index (χ0) is 16.3. The molecule has 0 amide bonds. The first-order chi connectivity index (χ1) is 11.1. The fourth-order valence-corrected chi connectivity index (χ4v) is 5.16. The molecule has 2 aromatic carbocycles. The van der Waals surface area contributed by atoms with Gasteiger partial charge in [0.15, 0.2) is 0 Å². The highest BCUT2D eigenvalue weighted by Gasteiger charge is 2.39. The number of hydrogen-bond donors (Lipinski definition) is 1. The molecule has 23 heavy (non-hydrogen) atoms. The normalized spacial score (nSPS) is 18.7. The minimum absolute atomic E-state index is 0.535. The van der Waals surface area contributed by atoms with E-state index in [0.29, 0.717) is 24.2 Å². The summed E-state index contributed by atoms with van der Waals surface area (Å²) < 4.78 is 27.7. The molecule has 0 bridgehead atoms. The van der Waals surface area contributed by atoms with Crippen LogP contribution in [0.15, 0.2) is 60.7 Å². The van der Waals surface area contributed by atoms with Crippen molar-refractivity contribution in [3.8, 4) is 0 Å². The highest BCUT2D eigenvalue weighted by Crippen LogP contribution is 2.38. The van der Waals surface area contributed by atoms with Crippen LogP contribution in [-0.2, 0) is 10.0 Å². The molecule has 0 spiro atoms. The van der Waals surface area contributed by atoms with Gasteiger partial charge in [-0.2, -0.15) is 0 Å². The summed E-state index contributed by atoms with van der Waals surface area (Å²) in [6, 6.07) is 18.0. The van der Waals surface area contributed by atoms with Crippen LogP contribution in [0.4, 0.5) is 0 Å². The van der Waals surface area contributed by atoms with Gasteiger partial charge in [0.1, 0.15) is 11.4 Å². The van der Waals surface area contributed by atoms with E-state index in [1.54, 1.807) is 36.4 Å². The quantitative estimate of drug-likeness (QED) is 0.916. The molecule has 0 aliphatic carbocycles. The number of aliphatic hydroxyl groups excluding tert-OH is 1. The van der Waals surface area contributed by atoms with Crippen molar-refractivity contribution in [2.24, 2.45) is 0 Å². The lowest BCUT2D eigenvalue weighted by Crippen LogP contribution is -2.35. The average molecular weight is 331 g/mol. The lowest BCUT2D eigenvalue weighted by atomic mass is 10.0. The molecule has 1 heterocycles. The summed E-state index contributed by atoms with van der Waals surface area (Å²) in [4.78, 5) is 0. The van der Waals surface area contributed by atoms with E-state index in [1.807, 2.05) is 24.3 Å². The molecular formula is C18H21NO3S. The number of nitrogens with zero attached hydrogens (tertiary/aromatic N) is 1. The standard InChI is InChI=1S/C18H21NO3S/c20-17(15-9-3-1-4-10-15)18(16-11-5-2-6-12-16)23(21,22)19-13-7-8-14-19/h1-6,9-12,17-18,20H,7-8,13-14H2/t17-,18+/m0/s1. The monoisotopic (exact) mass is 331 g/mol. The Balaban J connectivity index is 2.04. The van der Waals surface area contributed by atoms with Crippen molar-refractivity contribution in [1.29, 1.82) is 0 Å². The van der Waals surface area contributed by atoms with E-state index in [0.717, 1.165) is 12.8 Å². The van der Waals surface area contributed by atoms with Crippen LogP contribution in [-0.4, -0.2) is 30.9 Å². The number of sulfonamides is 1. The third kappa shape index (κ3) is 3.32. The van der Waals surface area contributed by atoms with Gasteiger partial charge in [-0.3, -0.25) is 0 Å². The molecule has 3 rings (SSSR count). The molecule has 122 valence electrons. The van der Waals surface area contributed by atoms with Crippen LogP contribution >= 0.6 is 0 Å². The summed E-state index contributed by atoms with van der Waals surface area (Å²) in [5.41, 5.74) is 1.24. The first-order valence-corrected chi connectivity index (χ1v) is 9.38. The SMILES string of the molecule is O=S(=O)([C@H](c1ccccc1)[C@@H](O)c1ccccc1)N1CCCC1. The van der Waals surface area contributed by atoms with E-state index >= 15 is 0 Å². The lowest BCUT2D eigenvalue weighted by Gasteiger charge is -2.28. The number of hydrogen-bond acceptors (Lipinski definition) is 3. The molecule has 1 N–H and O–H groups in total. The van der Waals surface area contributed by atoms with Crippen molar-refractivity contribution in [3.05, 3.63) is 71.8 Å². The molecule has 2 aromatic rings. The Morgan fingerprint density at radius 2 is 1.30 bits per heavy atom. The minimum atomic E-state index is -3.62. The van der Waals surface area contributed by atoms with Gasteiger partial charge in [-0.1, -0.05) is 60.7 Å². The van der Waals surface area contributed by atoms with E-state index < -0.39 is 21.4 Å². The van der Waals surface area contributed by atoms with Crippen molar-refractivity contribution < 1.29 is 13.5 Å². The van der Waals surface area contributed by atoms with Gasteiger partial charge < -0.3 is 5.11 Å². The highest BCUT2D eigenvalue weighted by molar-refractivity contribution is 7.89. The third-order valence-corrected chi connectivity index (χ3v) is 6.56. The Kier molecular flexibility index (Phi) is 4.80. The summed E-state index contributed by atoms with van der Waals surface area (Å²) in [5.74, 6) is 0. The van der Waals surface area contributed by atoms with Crippen molar-refractivity contribution in [2.75, 3.05) is 13.1 Å². The van der Waals surface area contributed by atoms with E-state index in [9.17, 15) is 13.5 Å². The van der Waals surface area contributed by atoms with Crippen molar-refractivity contribution in [1.82, 2.24) is 4.31 Å². The van der Waals surface area contributed by atoms with Gasteiger partial charge in [0.2, 0.25) is 10.0 Å². The molecule has 5 heteroatoms. The summed E-state index contributed by atoms with van der Waals surface area (Å²) in [5, 5.41) is 9.84.